The minimum atomic E-state index is -0.517. The van der Waals surface area contributed by atoms with Gasteiger partial charge in [0.2, 0.25) is 0 Å². The summed E-state index contributed by atoms with van der Waals surface area (Å²) in [7, 11) is 1.92. The largest absolute Gasteiger partial charge is 0.383 e. The molecule has 0 radical (unpaired) electrons. The first-order valence-electron chi connectivity index (χ1n) is 8.23. The molecule has 0 bridgehead atoms. The standard InChI is InChI=1S/C18H19FN4OS/c1-22-13-5-2-4-12(19)15(13)16(20)21-18(22)7-9-23(10-8-18)17(24)14-6-3-11-25-14/h2-6,11H,7-10H2,1H3,(H2,20,21). The predicted molar refractivity (Wildman–Crippen MR) is 97.7 cm³/mol. The lowest BCUT2D eigenvalue weighted by atomic mass is 9.91. The van der Waals surface area contributed by atoms with Gasteiger partial charge in [0.05, 0.1) is 16.1 Å². The fourth-order valence-electron chi connectivity index (χ4n) is 3.70. The maximum atomic E-state index is 14.1. The summed E-state index contributed by atoms with van der Waals surface area (Å²) < 4.78 is 14.1. The third-order valence-electron chi connectivity index (χ3n) is 5.15. The molecule has 5 nitrogen and oxygen atoms in total. The van der Waals surface area contributed by atoms with Crippen molar-refractivity contribution in [2.75, 3.05) is 25.0 Å². The number of thiophene rings is 1. The van der Waals surface area contributed by atoms with Crippen LogP contribution in [0.1, 0.15) is 28.1 Å². The molecule has 2 aliphatic heterocycles. The Balaban J connectivity index is 1.59. The number of halogens is 1. The van der Waals surface area contributed by atoms with Crippen LogP contribution in [-0.2, 0) is 0 Å². The minimum absolute atomic E-state index is 0.0618. The Morgan fingerprint density at radius 2 is 2.04 bits per heavy atom. The van der Waals surface area contributed by atoms with E-state index < -0.39 is 5.66 Å². The molecule has 1 aromatic carbocycles. The lowest BCUT2D eigenvalue weighted by molar-refractivity contribution is 0.0676. The summed E-state index contributed by atoms with van der Waals surface area (Å²) in [6.07, 6.45) is 1.33. The number of likely N-dealkylation sites (tertiary alicyclic amines) is 1. The van der Waals surface area contributed by atoms with E-state index in [4.69, 9.17) is 5.73 Å². The number of carbonyl (C=O) groups excluding carboxylic acids is 1. The third-order valence-corrected chi connectivity index (χ3v) is 6.00. The van der Waals surface area contributed by atoms with E-state index in [0.29, 0.717) is 31.5 Å². The number of carbonyl (C=O) groups is 1. The Morgan fingerprint density at radius 1 is 1.28 bits per heavy atom. The number of hydrogen-bond donors (Lipinski definition) is 1. The van der Waals surface area contributed by atoms with Crippen LogP contribution in [0.15, 0.2) is 40.7 Å². The second-order valence-corrected chi connectivity index (χ2v) is 7.39. The first-order chi connectivity index (χ1) is 12.0. The van der Waals surface area contributed by atoms with Gasteiger partial charge in [-0.1, -0.05) is 12.1 Å². The molecule has 1 amide bonds. The Hall–Kier alpha value is -2.41. The van der Waals surface area contributed by atoms with Crippen LogP contribution in [0.3, 0.4) is 0 Å². The number of amidine groups is 1. The molecular formula is C18H19FN4OS. The van der Waals surface area contributed by atoms with Gasteiger partial charge < -0.3 is 15.5 Å². The van der Waals surface area contributed by atoms with Gasteiger partial charge in [-0.15, -0.1) is 11.3 Å². The number of hydrogen-bond acceptors (Lipinski definition) is 5. The summed E-state index contributed by atoms with van der Waals surface area (Å²) in [5, 5.41) is 1.91. The van der Waals surface area contributed by atoms with Gasteiger partial charge in [-0.3, -0.25) is 4.79 Å². The number of rotatable bonds is 1. The van der Waals surface area contributed by atoms with Gasteiger partial charge in [0.15, 0.2) is 0 Å². The molecule has 1 spiro atoms. The zero-order chi connectivity index (χ0) is 17.6. The van der Waals surface area contributed by atoms with Crippen LogP contribution < -0.4 is 10.6 Å². The molecule has 1 aromatic heterocycles. The topological polar surface area (TPSA) is 61.9 Å². The molecule has 4 rings (SSSR count). The molecule has 2 aromatic rings. The summed E-state index contributed by atoms with van der Waals surface area (Å²) in [5.74, 6) is -0.0540. The average Bonchev–Trinajstić information content (AvgIpc) is 3.14. The van der Waals surface area contributed by atoms with Crippen molar-refractivity contribution in [2.24, 2.45) is 10.7 Å². The Kier molecular flexibility index (Phi) is 3.76. The van der Waals surface area contributed by atoms with E-state index in [-0.39, 0.29) is 17.6 Å². The number of amides is 1. The van der Waals surface area contributed by atoms with Crippen LogP contribution in [0.25, 0.3) is 0 Å². The smallest absolute Gasteiger partial charge is 0.263 e. The van der Waals surface area contributed by atoms with Crippen molar-refractivity contribution in [1.29, 1.82) is 0 Å². The molecule has 0 saturated carbocycles. The predicted octanol–water partition coefficient (Wildman–Crippen LogP) is 2.67. The number of nitrogens with two attached hydrogens (primary N) is 1. The second-order valence-electron chi connectivity index (χ2n) is 6.44. The highest BCUT2D eigenvalue weighted by atomic mass is 32.1. The summed E-state index contributed by atoms with van der Waals surface area (Å²) in [6.45, 7) is 1.20. The van der Waals surface area contributed by atoms with Crippen molar-refractivity contribution in [1.82, 2.24) is 4.90 Å². The summed E-state index contributed by atoms with van der Waals surface area (Å²) in [5.41, 5.74) is 6.70. The molecule has 7 heteroatoms. The zero-order valence-electron chi connectivity index (χ0n) is 13.9. The van der Waals surface area contributed by atoms with Crippen LogP contribution in [0.2, 0.25) is 0 Å². The van der Waals surface area contributed by atoms with Gasteiger partial charge in [0.25, 0.3) is 5.91 Å². The maximum Gasteiger partial charge on any atom is 0.263 e. The first kappa shape index (κ1) is 16.1. The molecule has 0 aliphatic carbocycles. The third kappa shape index (κ3) is 2.50. The van der Waals surface area contributed by atoms with Crippen molar-refractivity contribution in [3.8, 4) is 0 Å². The van der Waals surface area contributed by atoms with Crippen LogP contribution in [0.4, 0.5) is 10.1 Å². The molecule has 1 fully saturated rings. The van der Waals surface area contributed by atoms with Crippen LogP contribution in [0.5, 0.6) is 0 Å². The molecule has 2 aliphatic rings. The van der Waals surface area contributed by atoms with E-state index in [9.17, 15) is 9.18 Å². The number of nitrogens with zero attached hydrogens (tertiary/aromatic N) is 3. The number of piperidine rings is 1. The van der Waals surface area contributed by atoms with Crippen LogP contribution in [-0.4, -0.2) is 42.4 Å². The normalized spacial score (nSPS) is 18.9. The van der Waals surface area contributed by atoms with Crippen LogP contribution in [0, 0.1) is 5.82 Å². The molecule has 130 valence electrons. The van der Waals surface area contributed by atoms with E-state index in [2.05, 4.69) is 4.99 Å². The fraction of sp³-hybridized carbons (Fsp3) is 0.333. The summed E-state index contributed by atoms with van der Waals surface area (Å²) >= 11 is 1.45. The lowest BCUT2D eigenvalue weighted by Crippen LogP contribution is -2.57. The molecule has 2 N–H and O–H groups in total. The molecule has 3 heterocycles. The maximum absolute atomic E-state index is 14.1. The molecule has 25 heavy (non-hydrogen) atoms. The fourth-order valence-corrected chi connectivity index (χ4v) is 4.39. The SMILES string of the molecule is CN1c2cccc(F)c2C(N)=NC12CCN(C(=O)c1cccs1)CC2. The van der Waals surface area contributed by atoms with Crippen molar-refractivity contribution in [2.45, 2.75) is 18.5 Å². The Bertz CT molecular complexity index is 841. The Morgan fingerprint density at radius 3 is 2.72 bits per heavy atom. The number of fused-ring (bicyclic) bond motifs is 1. The van der Waals surface area contributed by atoms with Gasteiger partial charge >= 0.3 is 0 Å². The highest BCUT2D eigenvalue weighted by Gasteiger charge is 2.43. The zero-order valence-corrected chi connectivity index (χ0v) is 14.7. The van der Waals surface area contributed by atoms with Crippen LogP contribution >= 0.6 is 11.3 Å². The quantitative estimate of drug-likeness (QED) is 0.853. The van der Waals surface area contributed by atoms with Crippen molar-refractivity contribution < 1.29 is 9.18 Å². The van der Waals surface area contributed by atoms with E-state index >= 15 is 0 Å². The summed E-state index contributed by atoms with van der Waals surface area (Å²) in [6, 6.07) is 8.68. The van der Waals surface area contributed by atoms with E-state index in [0.717, 1.165) is 10.6 Å². The molecule has 0 atom stereocenters. The highest BCUT2D eigenvalue weighted by Crippen LogP contribution is 2.39. The first-order valence-corrected chi connectivity index (χ1v) is 9.11. The lowest BCUT2D eigenvalue weighted by Gasteiger charge is -2.48. The molecule has 0 unspecified atom stereocenters. The van der Waals surface area contributed by atoms with Crippen molar-refractivity contribution in [3.63, 3.8) is 0 Å². The van der Waals surface area contributed by atoms with E-state index in [1.807, 2.05) is 40.4 Å². The number of anilines is 1. The van der Waals surface area contributed by atoms with Crippen molar-refractivity contribution in [3.05, 3.63) is 52.0 Å². The summed E-state index contributed by atoms with van der Waals surface area (Å²) in [4.78, 5) is 21.8. The van der Waals surface area contributed by atoms with E-state index in [1.54, 1.807) is 6.07 Å². The molecule has 1 saturated heterocycles. The number of benzene rings is 1. The van der Waals surface area contributed by atoms with E-state index in [1.165, 1.54) is 17.4 Å². The van der Waals surface area contributed by atoms with Gasteiger partial charge in [-0.2, -0.15) is 0 Å². The van der Waals surface area contributed by atoms with Crippen molar-refractivity contribution >= 4 is 28.8 Å². The van der Waals surface area contributed by atoms with Gasteiger partial charge in [-0.25, -0.2) is 9.38 Å². The Labute approximate surface area is 149 Å². The van der Waals surface area contributed by atoms with Gasteiger partial charge in [0.1, 0.15) is 17.3 Å². The highest BCUT2D eigenvalue weighted by molar-refractivity contribution is 7.12. The number of aliphatic imine (C=N–C) groups is 1. The second kappa shape index (κ2) is 5.84. The molecular weight excluding hydrogens is 339 g/mol. The van der Waals surface area contributed by atoms with Gasteiger partial charge in [-0.05, 0) is 23.6 Å². The average molecular weight is 358 g/mol. The monoisotopic (exact) mass is 358 g/mol. The van der Waals surface area contributed by atoms with Gasteiger partial charge in [0, 0.05) is 33.0 Å². The minimum Gasteiger partial charge on any atom is -0.383 e.